The molecular weight excluding hydrogens is 406 g/mol. The van der Waals surface area contributed by atoms with E-state index in [0.717, 1.165) is 36.6 Å². The van der Waals surface area contributed by atoms with Crippen LogP contribution in [0.5, 0.6) is 11.5 Å². The number of nitrogens with zero attached hydrogens (tertiary/aromatic N) is 3. The molecular formula is C25H33N3O4. The molecule has 1 aromatic carbocycles. The summed E-state index contributed by atoms with van der Waals surface area (Å²) in [5.41, 5.74) is 0.833. The maximum atomic E-state index is 12.9. The summed E-state index contributed by atoms with van der Waals surface area (Å²) < 4.78 is 11.6. The van der Waals surface area contributed by atoms with Gasteiger partial charge in [-0.25, -0.2) is 0 Å². The average molecular weight is 440 g/mol. The van der Waals surface area contributed by atoms with Crippen LogP contribution in [0.1, 0.15) is 43.9 Å². The van der Waals surface area contributed by atoms with Crippen LogP contribution in [0.3, 0.4) is 0 Å². The minimum atomic E-state index is -0.947. The van der Waals surface area contributed by atoms with Crippen LogP contribution in [0.25, 0.3) is 0 Å². The minimum absolute atomic E-state index is 0.100. The van der Waals surface area contributed by atoms with Crippen molar-refractivity contribution in [1.29, 1.82) is 0 Å². The van der Waals surface area contributed by atoms with Crippen molar-refractivity contribution in [2.24, 2.45) is 0 Å². The van der Waals surface area contributed by atoms with E-state index in [1.165, 1.54) is 0 Å². The third-order valence-corrected chi connectivity index (χ3v) is 6.60. The predicted octanol–water partition coefficient (Wildman–Crippen LogP) is 2.96. The number of piperidine rings is 1. The highest BCUT2D eigenvalue weighted by Crippen LogP contribution is 2.32. The Morgan fingerprint density at radius 1 is 1.28 bits per heavy atom. The number of carbonyl (C=O) groups is 1. The van der Waals surface area contributed by atoms with E-state index >= 15 is 0 Å². The van der Waals surface area contributed by atoms with Gasteiger partial charge in [0.25, 0.3) is 0 Å². The zero-order valence-electron chi connectivity index (χ0n) is 19.0. The molecule has 1 N–H and O–H groups in total. The SMILES string of the molecule is CCC1CN(CCC(=O)N2CCC(O)(c3ccccn3)CC2)Cc2cc(OC)ccc2O1. The van der Waals surface area contributed by atoms with E-state index < -0.39 is 5.60 Å². The number of aliphatic hydroxyl groups is 1. The first-order chi connectivity index (χ1) is 15.5. The van der Waals surface area contributed by atoms with Gasteiger partial charge in [-0.05, 0) is 49.6 Å². The van der Waals surface area contributed by atoms with Gasteiger partial charge >= 0.3 is 0 Å². The van der Waals surface area contributed by atoms with Gasteiger partial charge in [-0.3, -0.25) is 14.7 Å². The van der Waals surface area contributed by atoms with Gasteiger partial charge < -0.3 is 19.5 Å². The molecule has 2 aliphatic heterocycles. The summed E-state index contributed by atoms with van der Waals surface area (Å²) in [5.74, 6) is 1.85. The predicted molar refractivity (Wildman–Crippen MR) is 122 cm³/mol. The molecule has 0 bridgehead atoms. The summed E-state index contributed by atoms with van der Waals surface area (Å²) in [7, 11) is 1.66. The first-order valence-corrected chi connectivity index (χ1v) is 11.5. The lowest BCUT2D eigenvalue weighted by molar-refractivity contribution is -0.136. The Morgan fingerprint density at radius 3 is 2.78 bits per heavy atom. The normalized spacial score (nSPS) is 20.7. The largest absolute Gasteiger partial charge is 0.497 e. The number of methoxy groups -OCH3 is 1. The number of likely N-dealkylation sites (tertiary alicyclic amines) is 1. The van der Waals surface area contributed by atoms with Crippen molar-refractivity contribution in [3.8, 4) is 11.5 Å². The fourth-order valence-electron chi connectivity index (χ4n) is 4.55. The molecule has 4 rings (SSSR count). The van der Waals surface area contributed by atoms with E-state index in [-0.39, 0.29) is 12.0 Å². The Bertz CT molecular complexity index is 913. The minimum Gasteiger partial charge on any atom is -0.497 e. The quantitative estimate of drug-likeness (QED) is 0.746. The molecule has 1 amide bonds. The van der Waals surface area contributed by atoms with Gasteiger partial charge in [-0.1, -0.05) is 13.0 Å². The van der Waals surface area contributed by atoms with Crippen LogP contribution in [-0.4, -0.2) is 65.2 Å². The number of aromatic nitrogens is 1. The number of rotatable bonds is 6. The maximum absolute atomic E-state index is 12.9. The van der Waals surface area contributed by atoms with Crippen LogP contribution in [0.4, 0.5) is 0 Å². The van der Waals surface area contributed by atoms with Crippen molar-refractivity contribution in [2.75, 3.05) is 33.3 Å². The number of hydrogen-bond acceptors (Lipinski definition) is 6. The summed E-state index contributed by atoms with van der Waals surface area (Å²) >= 11 is 0. The molecule has 2 aliphatic rings. The van der Waals surface area contributed by atoms with Crippen molar-refractivity contribution in [3.05, 3.63) is 53.9 Å². The third-order valence-electron chi connectivity index (χ3n) is 6.60. The molecule has 1 unspecified atom stereocenters. The van der Waals surface area contributed by atoms with E-state index in [1.54, 1.807) is 13.3 Å². The second kappa shape index (κ2) is 9.88. The molecule has 7 heteroatoms. The second-order valence-electron chi connectivity index (χ2n) is 8.73. The summed E-state index contributed by atoms with van der Waals surface area (Å²) in [4.78, 5) is 21.4. The van der Waals surface area contributed by atoms with Crippen LogP contribution in [-0.2, 0) is 16.9 Å². The summed E-state index contributed by atoms with van der Waals surface area (Å²) in [5, 5.41) is 11.0. The number of fused-ring (bicyclic) bond motifs is 1. The molecule has 172 valence electrons. The van der Waals surface area contributed by atoms with Crippen molar-refractivity contribution in [2.45, 2.75) is 50.9 Å². The third kappa shape index (κ3) is 5.05. The molecule has 1 aromatic heterocycles. The molecule has 1 saturated heterocycles. The fraction of sp³-hybridized carbons (Fsp3) is 0.520. The lowest BCUT2D eigenvalue weighted by atomic mass is 9.87. The molecule has 2 aromatic rings. The Hall–Kier alpha value is -2.64. The molecule has 0 saturated carbocycles. The Morgan fingerprint density at radius 2 is 2.09 bits per heavy atom. The number of ether oxygens (including phenoxy) is 2. The molecule has 32 heavy (non-hydrogen) atoms. The number of amides is 1. The molecule has 1 atom stereocenters. The van der Waals surface area contributed by atoms with Gasteiger partial charge in [0.05, 0.1) is 12.8 Å². The standard InChI is InChI=1S/C25H33N3O4/c1-3-20-18-27(17-19-16-21(31-2)7-8-22(19)32-20)13-9-24(29)28-14-10-25(30,11-15-28)23-6-4-5-12-26-23/h4-8,12,16,20,30H,3,9-11,13-15,17-18H2,1-2H3. The van der Waals surface area contributed by atoms with E-state index in [2.05, 4.69) is 16.8 Å². The fourth-order valence-corrected chi connectivity index (χ4v) is 4.55. The monoisotopic (exact) mass is 439 g/mol. The maximum Gasteiger partial charge on any atom is 0.223 e. The van der Waals surface area contributed by atoms with Crippen LogP contribution < -0.4 is 9.47 Å². The van der Waals surface area contributed by atoms with Crippen molar-refractivity contribution >= 4 is 5.91 Å². The van der Waals surface area contributed by atoms with Gasteiger partial charge in [0.2, 0.25) is 5.91 Å². The summed E-state index contributed by atoms with van der Waals surface area (Å²) in [6, 6.07) is 11.5. The lowest BCUT2D eigenvalue weighted by Crippen LogP contribution is -2.46. The molecule has 1 fully saturated rings. The Kier molecular flexibility index (Phi) is 6.96. The average Bonchev–Trinajstić information content (AvgIpc) is 3.01. The van der Waals surface area contributed by atoms with Crippen molar-refractivity contribution in [1.82, 2.24) is 14.8 Å². The number of benzene rings is 1. The number of carbonyl (C=O) groups excluding carboxylic acids is 1. The number of hydrogen-bond donors (Lipinski definition) is 1. The second-order valence-corrected chi connectivity index (χ2v) is 8.73. The lowest BCUT2D eigenvalue weighted by Gasteiger charge is -2.38. The van der Waals surface area contributed by atoms with Gasteiger partial charge in [-0.15, -0.1) is 0 Å². The van der Waals surface area contributed by atoms with Crippen molar-refractivity contribution in [3.63, 3.8) is 0 Å². The Balaban J connectivity index is 1.34. The first-order valence-electron chi connectivity index (χ1n) is 11.5. The van der Waals surface area contributed by atoms with E-state index in [1.807, 2.05) is 41.3 Å². The molecule has 3 heterocycles. The van der Waals surface area contributed by atoms with Crippen LogP contribution in [0.15, 0.2) is 42.6 Å². The van der Waals surface area contributed by atoms with E-state index in [0.29, 0.717) is 44.6 Å². The zero-order chi connectivity index (χ0) is 22.6. The van der Waals surface area contributed by atoms with Crippen LogP contribution in [0, 0.1) is 0 Å². The molecule has 0 aliphatic carbocycles. The first kappa shape index (κ1) is 22.6. The van der Waals surface area contributed by atoms with Gasteiger partial charge in [0.15, 0.2) is 0 Å². The van der Waals surface area contributed by atoms with Crippen molar-refractivity contribution < 1.29 is 19.4 Å². The zero-order valence-corrected chi connectivity index (χ0v) is 19.0. The highest BCUT2D eigenvalue weighted by Gasteiger charge is 2.36. The summed E-state index contributed by atoms with van der Waals surface area (Å²) in [6.45, 7) is 5.42. The molecule has 0 spiro atoms. The Labute approximate surface area is 190 Å². The van der Waals surface area contributed by atoms with Crippen LogP contribution in [0.2, 0.25) is 0 Å². The summed E-state index contributed by atoms with van der Waals surface area (Å²) in [6.07, 6.45) is 4.19. The topological polar surface area (TPSA) is 75.1 Å². The van der Waals surface area contributed by atoms with Gasteiger partial charge in [0, 0.05) is 50.9 Å². The van der Waals surface area contributed by atoms with Gasteiger partial charge in [-0.2, -0.15) is 0 Å². The molecule has 0 radical (unpaired) electrons. The highest BCUT2D eigenvalue weighted by molar-refractivity contribution is 5.76. The van der Waals surface area contributed by atoms with Gasteiger partial charge in [0.1, 0.15) is 23.2 Å². The smallest absolute Gasteiger partial charge is 0.223 e. The number of pyridine rings is 1. The van der Waals surface area contributed by atoms with E-state index in [9.17, 15) is 9.90 Å². The highest BCUT2D eigenvalue weighted by atomic mass is 16.5. The van der Waals surface area contributed by atoms with Crippen LogP contribution >= 0.6 is 0 Å². The molecule has 7 nitrogen and oxygen atoms in total. The van der Waals surface area contributed by atoms with E-state index in [4.69, 9.17) is 9.47 Å².